The Bertz CT molecular complexity index is 724. The molecule has 7 heteroatoms. The monoisotopic (exact) mass is 395 g/mol. The van der Waals surface area contributed by atoms with E-state index in [9.17, 15) is 0 Å². The Hall–Kier alpha value is -1.60. The van der Waals surface area contributed by atoms with Crippen LogP contribution in [0.5, 0.6) is 11.5 Å². The molecule has 0 saturated heterocycles. The molecule has 24 heavy (non-hydrogen) atoms. The number of aromatic nitrogens is 2. The summed E-state index contributed by atoms with van der Waals surface area (Å²) in [7, 11) is 0. The van der Waals surface area contributed by atoms with E-state index in [1.165, 1.54) is 0 Å². The molecule has 0 amide bonds. The van der Waals surface area contributed by atoms with Crippen molar-refractivity contribution in [2.75, 3.05) is 13.2 Å². The van der Waals surface area contributed by atoms with Gasteiger partial charge in [-0.2, -0.15) is 4.98 Å². The molecule has 130 valence electrons. The predicted molar refractivity (Wildman–Crippen MR) is 93.4 cm³/mol. The molecule has 2 heterocycles. The van der Waals surface area contributed by atoms with Crippen molar-refractivity contribution in [1.82, 2.24) is 15.5 Å². The first kappa shape index (κ1) is 17.2. The first-order valence-electron chi connectivity index (χ1n) is 8.00. The van der Waals surface area contributed by atoms with Crippen LogP contribution in [0, 0.1) is 0 Å². The molecule has 0 bridgehead atoms. The molecule has 3 rings (SSSR count). The second-order valence-electron chi connectivity index (χ2n) is 6.91. The molecular weight excluding hydrogens is 374 g/mol. The molecule has 0 aliphatic carbocycles. The smallest absolute Gasteiger partial charge is 0.243 e. The number of hydrogen-bond acceptors (Lipinski definition) is 6. The summed E-state index contributed by atoms with van der Waals surface area (Å²) in [5.74, 6) is 2.85. The van der Waals surface area contributed by atoms with Crippen LogP contribution in [0.15, 0.2) is 21.1 Å². The Labute approximate surface area is 150 Å². The fourth-order valence-corrected chi connectivity index (χ4v) is 2.94. The van der Waals surface area contributed by atoms with Crippen LogP contribution in [0.4, 0.5) is 0 Å². The molecule has 0 fully saturated rings. The van der Waals surface area contributed by atoms with E-state index in [1.807, 2.05) is 19.1 Å². The summed E-state index contributed by atoms with van der Waals surface area (Å²) in [6.07, 6.45) is 0. The number of nitrogens with zero attached hydrogens (tertiary/aromatic N) is 2. The van der Waals surface area contributed by atoms with Crippen LogP contribution in [0.2, 0.25) is 0 Å². The van der Waals surface area contributed by atoms with Crippen LogP contribution in [-0.4, -0.2) is 23.4 Å². The Balaban J connectivity index is 1.67. The average Bonchev–Trinajstić information content (AvgIpc) is 3.03. The number of rotatable bonds is 4. The zero-order chi connectivity index (χ0) is 17.3. The maximum absolute atomic E-state index is 5.65. The van der Waals surface area contributed by atoms with Gasteiger partial charge in [0, 0.05) is 12.0 Å². The van der Waals surface area contributed by atoms with Gasteiger partial charge in [-0.05, 0) is 40.5 Å². The lowest BCUT2D eigenvalue weighted by Gasteiger charge is -2.20. The van der Waals surface area contributed by atoms with Crippen LogP contribution in [0.1, 0.15) is 51.0 Å². The van der Waals surface area contributed by atoms with E-state index >= 15 is 0 Å². The lowest BCUT2D eigenvalue weighted by Crippen LogP contribution is -2.20. The van der Waals surface area contributed by atoms with Crippen molar-refractivity contribution in [3.8, 4) is 11.5 Å². The van der Waals surface area contributed by atoms with E-state index in [4.69, 9.17) is 14.0 Å². The molecule has 1 aromatic heterocycles. The third-order valence-electron chi connectivity index (χ3n) is 3.75. The first-order chi connectivity index (χ1) is 11.3. The minimum atomic E-state index is -0.123. The molecule has 1 aliphatic heterocycles. The summed E-state index contributed by atoms with van der Waals surface area (Å²) in [5.41, 5.74) is 0.968. The normalized spacial score (nSPS) is 15.4. The zero-order valence-electron chi connectivity index (χ0n) is 14.4. The topological polar surface area (TPSA) is 69.4 Å². The highest BCUT2D eigenvalue weighted by Crippen LogP contribution is 2.38. The summed E-state index contributed by atoms with van der Waals surface area (Å²) in [5, 5.41) is 7.47. The fourth-order valence-electron chi connectivity index (χ4n) is 2.34. The molecule has 1 unspecified atom stereocenters. The SMILES string of the molecule is CC(NCc1cc(Br)c2c(c1)OCCO2)c1nc(C(C)(C)C)no1. The van der Waals surface area contributed by atoms with Crippen LogP contribution >= 0.6 is 15.9 Å². The van der Waals surface area contributed by atoms with Gasteiger partial charge in [0.1, 0.15) is 13.2 Å². The standard InChI is InChI=1S/C17H22BrN3O3/c1-10(15-20-16(21-24-15)17(2,3)4)19-9-11-7-12(18)14-13(8-11)22-5-6-23-14/h7-8,10,19H,5-6,9H2,1-4H3. The van der Waals surface area contributed by atoms with E-state index in [2.05, 4.69) is 52.2 Å². The van der Waals surface area contributed by atoms with Crippen molar-refractivity contribution in [3.63, 3.8) is 0 Å². The number of nitrogens with one attached hydrogen (secondary N) is 1. The molecule has 0 saturated carbocycles. The van der Waals surface area contributed by atoms with Crippen molar-refractivity contribution in [3.05, 3.63) is 33.9 Å². The van der Waals surface area contributed by atoms with Gasteiger partial charge in [0.05, 0.1) is 10.5 Å². The van der Waals surface area contributed by atoms with Crippen LogP contribution in [0.3, 0.4) is 0 Å². The summed E-state index contributed by atoms with van der Waals surface area (Å²) in [6.45, 7) is 10.00. The molecule has 1 N–H and O–H groups in total. The first-order valence-corrected chi connectivity index (χ1v) is 8.79. The molecule has 2 aromatic rings. The Morgan fingerprint density at radius 3 is 2.71 bits per heavy atom. The lowest BCUT2D eigenvalue weighted by atomic mass is 9.96. The van der Waals surface area contributed by atoms with E-state index in [1.54, 1.807) is 0 Å². The third-order valence-corrected chi connectivity index (χ3v) is 4.34. The van der Waals surface area contributed by atoms with Gasteiger partial charge in [0.15, 0.2) is 17.3 Å². The van der Waals surface area contributed by atoms with Crippen molar-refractivity contribution in [2.45, 2.75) is 45.7 Å². The zero-order valence-corrected chi connectivity index (χ0v) is 15.9. The molecule has 1 aromatic carbocycles. The van der Waals surface area contributed by atoms with E-state index in [0.717, 1.165) is 21.5 Å². The molecule has 1 aliphatic rings. The van der Waals surface area contributed by atoms with Gasteiger partial charge in [-0.1, -0.05) is 25.9 Å². The summed E-state index contributed by atoms with van der Waals surface area (Å²) >= 11 is 3.54. The van der Waals surface area contributed by atoms with Crippen LogP contribution < -0.4 is 14.8 Å². The van der Waals surface area contributed by atoms with Gasteiger partial charge in [-0.3, -0.25) is 0 Å². The van der Waals surface area contributed by atoms with E-state index in [0.29, 0.717) is 31.5 Å². The maximum atomic E-state index is 5.65. The van der Waals surface area contributed by atoms with Crippen molar-refractivity contribution in [1.29, 1.82) is 0 Å². The Kier molecular flexibility index (Phi) is 4.83. The van der Waals surface area contributed by atoms with Crippen LogP contribution in [-0.2, 0) is 12.0 Å². The van der Waals surface area contributed by atoms with Gasteiger partial charge >= 0.3 is 0 Å². The highest BCUT2D eigenvalue weighted by Gasteiger charge is 2.23. The minimum Gasteiger partial charge on any atom is -0.486 e. The van der Waals surface area contributed by atoms with Gasteiger partial charge in [0.25, 0.3) is 0 Å². The second-order valence-corrected chi connectivity index (χ2v) is 7.76. The number of hydrogen-bond donors (Lipinski definition) is 1. The molecule has 0 radical (unpaired) electrons. The maximum Gasteiger partial charge on any atom is 0.243 e. The fraction of sp³-hybridized carbons (Fsp3) is 0.529. The molecule has 1 atom stereocenters. The third kappa shape index (κ3) is 3.72. The van der Waals surface area contributed by atoms with Gasteiger partial charge < -0.3 is 19.3 Å². The highest BCUT2D eigenvalue weighted by molar-refractivity contribution is 9.10. The average molecular weight is 396 g/mol. The second kappa shape index (κ2) is 6.72. The number of halogens is 1. The molecule has 0 spiro atoms. The number of benzene rings is 1. The quantitative estimate of drug-likeness (QED) is 0.849. The highest BCUT2D eigenvalue weighted by atomic mass is 79.9. The number of fused-ring (bicyclic) bond motifs is 1. The lowest BCUT2D eigenvalue weighted by molar-refractivity contribution is 0.170. The van der Waals surface area contributed by atoms with Crippen LogP contribution in [0.25, 0.3) is 0 Å². The minimum absolute atomic E-state index is 0.0411. The number of ether oxygens (including phenoxy) is 2. The molecule has 6 nitrogen and oxygen atoms in total. The van der Waals surface area contributed by atoms with E-state index < -0.39 is 0 Å². The Morgan fingerprint density at radius 1 is 1.25 bits per heavy atom. The summed E-state index contributed by atoms with van der Waals surface area (Å²) in [4.78, 5) is 4.49. The van der Waals surface area contributed by atoms with Crippen molar-refractivity contribution < 1.29 is 14.0 Å². The predicted octanol–water partition coefficient (Wildman–Crippen LogP) is 3.75. The van der Waals surface area contributed by atoms with E-state index in [-0.39, 0.29) is 11.5 Å². The van der Waals surface area contributed by atoms with Crippen molar-refractivity contribution >= 4 is 15.9 Å². The molecular formula is C17H22BrN3O3. The summed E-state index contributed by atoms with van der Waals surface area (Å²) in [6, 6.07) is 3.98. The van der Waals surface area contributed by atoms with Gasteiger partial charge in [-0.15, -0.1) is 0 Å². The summed E-state index contributed by atoms with van der Waals surface area (Å²) < 4.78 is 17.5. The van der Waals surface area contributed by atoms with Crippen molar-refractivity contribution in [2.24, 2.45) is 0 Å². The Morgan fingerprint density at radius 2 is 2.00 bits per heavy atom. The van der Waals surface area contributed by atoms with Gasteiger partial charge in [-0.25, -0.2) is 0 Å². The van der Waals surface area contributed by atoms with Gasteiger partial charge in [0.2, 0.25) is 5.89 Å². The largest absolute Gasteiger partial charge is 0.486 e.